The highest BCUT2D eigenvalue weighted by Crippen LogP contribution is 2.32. The van der Waals surface area contributed by atoms with Crippen molar-refractivity contribution in [2.75, 3.05) is 6.79 Å². The lowest BCUT2D eigenvalue weighted by Crippen LogP contribution is -2.27. The molecule has 0 saturated carbocycles. The fourth-order valence-corrected chi connectivity index (χ4v) is 3.33. The fraction of sp³-hybridized carbons (Fsp3) is 0.0435. The van der Waals surface area contributed by atoms with E-state index >= 15 is 0 Å². The number of carboxylic acids is 1. The van der Waals surface area contributed by atoms with Crippen molar-refractivity contribution in [3.8, 4) is 23.0 Å². The van der Waals surface area contributed by atoms with E-state index in [1.54, 1.807) is 36.4 Å². The van der Waals surface area contributed by atoms with E-state index in [2.05, 4.69) is 27.9 Å². The van der Waals surface area contributed by atoms with Crippen LogP contribution in [-0.4, -0.2) is 23.8 Å². The highest BCUT2D eigenvalue weighted by molar-refractivity contribution is 14.1. The van der Waals surface area contributed by atoms with Crippen LogP contribution >= 0.6 is 22.6 Å². The minimum Gasteiger partial charge on any atom is -0.477 e. The summed E-state index contributed by atoms with van der Waals surface area (Å²) in [5.74, 6) is 0.505. The Hall–Kier alpha value is -3.53. The van der Waals surface area contributed by atoms with Gasteiger partial charge in [0.1, 0.15) is 17.2 Å². The second kappa shape index (κ2) is 9.09. The predicted molar refractivity (Wildman–Crippen MR) is 121 cm³/mol. The fourth-order valence-electron chi connectivity index (χ4n) is 2.84. The number of halogens is 1. The standard InChI is InChI=1S/C23H16INO6/c24-17-3-1-2-4-19(17)31-16-8-5-14(6-9-16)11-18(23(27)28)25-22(26)15-7-10-20-21(12-15)30-13-29-20/h1-12H,13H2,(H,25,26)(H,27,28)/b18-11+. The minimum absolute atomic E-state index is 0.0871. The maximum atomic E-state index is 12.5. The van der Waals surface area contributed by atoms with E-state index in [4.69, 9.17) is 14.2 Å². The van der Waals surface area contributed by atoms with E-state index < -0.39 is 11.9 Å². The molecule has 3 aromatic carbocycles. The number of ether oxygens (including phenoxy) is 3. The van der Waals surface area contributed by atoms with Crippen molar-refractivity contribution in [2.45, 2.75) is 0 Å². The average Bonchev–Trinajstić information content (AvgIpc) is 3.24. The van der Waals surface area contributed by atoms with Crippen LogP contribution in [-0.2, 0) is 4.79 Å². The van der Waals surface area contributed by atoms with E-state index in [9.17, 15) is 14.7 Å². The van der Waals surface area contributed by atoms with Crippen LogP contribution in [0.5, 0.6) is 23.0 Å². The molecule has 0 spiro atoms. The van der Waals surface area contributed by atoms with Crippen LogP contribution in [0.1, 0.15) is 15.9 Å². The molecule has 0 atom stereocenters. The zero-order valence-corrected chi connectivity index (χ0v) is 18.2. The van der Waals surface area contributed by atoms with Crippen molar-refractivity contribution in [3.05, 3.63) is 87.1 Å². The highest BCUT2D eigenvalue weighted by Gasteiger charge is 2.18. The first-order valence-electron chi connectivity index (χ1n) is 9.18. The van der Waals surface area contributed by atoms with Gasteiger partial charge in [0, 0.05) is 5.56 Å². The molecule has 1 amide bonds. The molecule has 0 saturated heterocycles. The molecule has 0 aliphatic carbocycles. The number of rotatable bonds is 6. The smallest absolute Gasteiger partial charge is 0.352 e. The second-order valence-electron chi connectivity index (χ2n) is 6.49. The predicted octanol–water partition coefficient (Wildman–Crippen LogP) is 4.67. The van der Waals surface area contributed by atoms with Crippen molar-refractivity contribution in [1.82, 2.24) is 5.32 Å². The number of carbonyl (C=O) groups excluding carboxylic acids is 1. The molecule has 1 heterocycles. The monoisotopic (exact) mass is 529 g/mol. The molecule has 156 valence electrons. The summed E-state index contributed by atoms with van der Waals surface area (Å²) in [5, 5.41) is 11.9. The third-order valence-electron chi connectivity index (χ3n) is 4.37. The number of hydrogen-bond acceptors (Lipinski definition) is 5. The molecule has 0 radical (unpaired) electrons. The SMILES string of the molecule is O=C(O)/C(=C\c1ccc(Oc2ccccc2I)cc1)NC(=O)c1ccc2c(c1)OCO2. The Kier molecular flexibility index (Phi) is 6.08. The van der Waals surface area contributed by atoms with Crippen LogP contribution in [0.2, 0.25) is 0 Å². The van der Waals surface area contributed by atoms with Gasteiger partial charge in [-0.15, -0.1) is 0 Å². The van der Waals surface area contributed by atoms with E-state index in [1.165, 1.54) is 12.1 Å². The molecular weight excluding hydrogens is 513 g/mol. The van der Waals surface area contributed by atoms with Crippen molar-refractivity contribution in [1.29, 1.82) is 0 Å². The molecule has 8 heteroatoms. The quantitative estimate of drug-likeness (QED) is 0.356. The van der Waals surface area contributed by atoms with Crippen LogP contribution in [0.3, 0.4) is 0 Å². The molecule has 31 heavy (non-hydrogen) atoms. The lowest BCUT2D eigenvalue weighted by atomic mass is 10.1. The molecule has 0 bridgehead atoms. The lowest BCUT2D eigenvalue weighted by molar-refractivity contribution is -0.132. The van der Waals surface area contributed by atoms with Crippen LogP contribution in [0.4, 0.5) is 0 Å². The van der Waals surface area contributed by atoms with E-state index in [-0.39, 0.29) is 18.1 Å². The topological polar surface area (TPSA) is 94.1 Å². The Morgan fingerprint density at radius 2 is 1.74 bits per heavy atom. The van der Waals surface area contributed by atoms with Crippen molar-refractivity contribution >= 4 is 40.5 Å². The summed E-state index contributed by atoms with van der Waals surface area (Å²) in [7, 11) is 0. The first-order valence-corrected chi connectivity index (χ1v) is 10.3. The Balaban J connectivity index is 1.49. The van der Waals surface area contributed by atoms with Crippen LogP contribution < -0.4 is 19.5 Å². The number of hydrogen-bond donors (Lipinski definition) is 2. The number of para-hydroxylation sites is 1. The van der Waals surface area contributed by atoms with Gasteiger partial charge in [0.05, 0.1) is 3.57 Å². The number of nitrogens with one attached hydrogen (secondary N) is 1. The summed E-state index contributed by atoms with van der Waals surface area (Å²) < 4.78 is 17.3. The maximum absolute atomic E-state index is 12.5. The lowest BCUT2D eigenvalue weighted by Gasteiger charge is -2.09. The number of carbonyl (C=O) groups is 2. The summed E-state index contributed by atoms with van der Waals surface area (Å²) in [6.45, 7) is 0.0871. The number of amides is 1. The van der Waals surface area contributed by atoms with Gasteiger partial charge >= 0.3 is 5.97 Å². The Bertz CT molecular complexity index is 1170. The van der Waals surface area contributed by atoms with E-state index in [1.807, 2.05) is 24.3 Å². The van der Waals surface area contributed by atoms with Crippen LogP contribution in [0.15, 0.2) is 72.4 Å². The van der Waals surface area contributed by atoms with Gasteiger partial charge in [0.25, 0.3) is 5.91 Å². The van der Waals surface area contributed by atoms with Gasteiger partial charge in [0.15, 0.2) is 11.5 Å². The molecule has 2 N–H and O–H groups in total. The molecule has 0 aromatic heterocycles. The number of carboxylic acid groups (broad SMARTS) is 1. The molecule has 1 aliphatic rings. The zero-order valence-electron chi connectivity index (χ0n) is 16.0. The maximum Gasteiger partial charge on any atom is 0.352 e. The van der Waals surface area contributed by atoms with E-state index in [0.717, 1.165) is 9.32 Å². The van der Waals surface area contributed by atoms with Crippen molar-refractivity contribution in [2.24, 2.45) is 0 Å². The van der Waals surface area contributed by atoms with Gasteiger partial charge < -0.3 is 24.6 Å². The summed E-state index contributed by atoms with van der Waals surface area (Å²) in [6, 6.07) is 19.1. The van der Waals surface area contributed by atoms with Gasteiger partial charge in [0.2, 0.25) is 6.79 Å². The first-order chi connectivity index (χ1) is 15.0. The summed E-state index contributed by atoms with van der Waals surface area (Å²) in [4.78, 5) is 24.2. The first kappa shape index (κ1) is 20.7. The normalized spacial score (nSPS) is 12.4. The number of fused-ring (bicyclic) bond motifs is 1. The number of aliphatic carboxylic acids is 1. The second-order valence-corrected chi connectivity index (χ2v) is 7.65. The molecule has 3 aromatic rings. The van der Waals surface area contributed by atoms with E-state index in [0.29, 0.717) is 22.8 Å². The number of benzene rings is 3. The average molecular weight is 529 g/mol. The Labute approximate surface area is 191 Å². The molecule has 0 unspecified atom stereocenters. The third-order valence-corrected chi connectivity index (χ3v) is 5.26. The van der Waals surface area contributed by atoms with Gasteiger partial charge in [-0.25, -0.2) is 4.79 Å². The van der Waals surface area contributed by atoms with Crippen LogP contribution in [0, 0.1) is 3.57 Å². The van der Waals surface area contributed by atoms with Crippen molar-refractivity contribution in [3.63, 3.8) is 0 Å². The molecular formula is C23H16INO6. The van der Waals surface area contributed by atoms with Gasteiger partial charge in [-0.3, -0.25) is 4.79 Å². The summed E-state index contributed by atoms with van der Waals surface area (Å²) >= 11 is 2.19. The molecule has 4 rings (SSSR count). The van der Waals surface area contributed by atoms with Gasteiger partial charge in [-0.05, 0) is 76.7 Å². The Morgan fingerprint density at radius 3 is 2.48 bits per heavy atom. The van der Waals surface area contributed by atoms with Crippen LogP contribution in [0.25, 0.3) is 6.08 Å². The Morgan fingerprint density at radius 1 is 1.00 bits per heavy atom. The molecule has 1 aliphatic heterocycles. The largest absolute Gasteiger partial charge is 0.477 e. The van der Waals surface area contributed by atoms with Gasteiger partial charge in [-0.2, -0.15) is 0 Å². The molecule has 7 nitrogen and oxygen atoms in total. The zero-order chi connectivity index (χ0) is 21.8. The molecule has 0 fully saturated rings. The highest BCUT2D eigenvalue weighted by atomic mass is 127. The van der Waals surface area contributed by atoms with Crippen molar-refractivity contribution < 1.29 is 28.9 Å². The van der Waals surface area contributed by atoms with Gasteiger partial charge in [-0.1, -0.05) is 24.3 Å². The summed E-state index contributed by atoms with van der Waals surface area (Å²) in [5.41, 5.74) is 0.602. The minimum atomic E-state index is -1.26. The third kappa shape index (κ3) is 4.97. The summed E-state index contributed by atoms with van der Waals surface area (Å²) in [6.07, 6.45) is 1.38.